The molecule has 0 radical (unpaired) electrons. The van der Waals surface area contributed by atoms with Crippen molar-refractivity contribution in [3.8, 4) is 0 Å². The molecule has 2 bridgehead atoms. The fourth-order valence-electron chi connectivity index (χ4n) is 4.05. The van der Waals surface area contributed by atoms with Crippen molar-refractivity contribution in [1.82, 2.24) is 30.0 Å². The zero-order valence-corrected chi connectivity index (χ0v) is 13.9. The van der Waals surface area contributed by atoms with Gasteiger partial charge in [0.2, 0.25) is 5.91 Å². The number of carbonyl (C=O) groups excluding carboxylic acids is 1. The van der Waals surface area contributed by atoms with E-state index in [4.69, 9.17) is 0 Å². The van der Waals surface area contributed by atoms with Crippen LogP contribution in [0.4, 0.5) is 0 Å². The van der Waals surface area contributed by atoms with Crippen LogP contribution in [0.5, 0.6) is 0 Å². The van der Waals surface area contributed by atoms with E-state index in [9.17, 15) is 4.79 Å². The molecule has 23 heavy (non-hydrogen) atoms. The van der Waals surface area contributed by atoms with Gasteiger partial charge in [-0.2, -0.15) is 0 Å². The lowest BCUT2D eigenvalue weighted by atomic mass is 9.95. The molecule has 3 saturated heterocycles. The lowest BCUT2D eigenvalue weighted by molar-refractivity contribution is -0.131. The third kappa shape index (κ3) is 3.39. The maximum absolute atomic E-state index is 12.6. The highest BCUT2D eigenvalue weighted by molar-refractivity contribution is 5.76. The van der Waals surface area contributed by atoms with Gasteiger partial charge in [0, 0.05) is 38.6 Å². The fourth-order valence-corrected chi connectivity index (χ4v) is 4.05. The highest BCUT2D eigenvalue weighted by Crippen LogP contribution is 2.34. The van der Waals surface area contributed by atoms with Crippen LogP contribution in [0.25, 0.3) is 0 Å². The van der Waals surface area contributed by atoms with E-state index in [0.29, 0.717) is 24.9 Å². The quantitative estimate of drug-likeness (QED) is 0.800. The molecule has 1 aromatic heterocycles. The molecule has 5 rings (SSSR count). The maximum Gasteiger partial charge on any atom is 0.224 e. The summed E-state index contributed by atoms with van der Waals surface area (Å²) in [5.41, 5.74) is 0. The van der Waals surface area contributed by atoms with E-state index < -0.39 is 0 Å². The van der Waals surface area contributed by atoms with E-state index in [1.807, 2.05) is 6.92 Å². The minimum absolute atomic E-state index is 0.255. The SMILES string of the molecule is Cc1nnnn1CCC(=O)N1C[C@H]2CC[C@@H](C1)N(CC1CC1)C2. The Balaban J connectivity index is 1.35. The van der Waals surface area contributed by atoms with Crippen LogP contribution in [0.3, 0.4) is 0 Å². The van der Waals surface area contributed by atoms with Crippen LogP contribution >= 0.6 is 0 Å². The monoisotopic (exact) mass is 318 g/mol. The van der Waals surface area contributed by atoms with E-state index in [1.165, 1.54) is 38.8 Å². The van der Waals surface area contributed by atoms with E-state index in [0.717, 1.165) is 24.8 Å². The van der Waals surface area contributed by atoms with Crippen LogP contribution in [0.1, 0.15) is 37.9 Å². The number of amides is 1. The molecule has 1 saturated carbocycles. The zero-order chi connectivity index (χ0) is 15.8. The van der Waals surface area contributed by atoms with Gasteiger partial charge in [-0.1, -0.05) is 0 Å². The number of hydrogen-bond acceptors (Lipinski definition) is 5. The van der Waals surface area contributed by atoms with Gasteiger partial charge >= 0.3 is 0 Å². The van der Waals surface area contributed by atoms with Crippen molar-refractivity contribution in [2.75, 3.05) is 26.2 Å². The number of fused-ring (bicyclic) bond motifs is 4. The summed E-state index contributed by atoms with van der Waals surface area (Å²) in [6.07, 6.45) is 5.84. The Morgan fingerprint density at radius 3 is 2.78 bits per heavy atom. The second kappa shape index (κ2) is 6.19. The van der Waals surface area contributed by atoms with Crippen molar-refractivity contribution in [2.24, 2.45) is 11.8 Å². The normalized spacial score (nSPS) is 28.1. The van der Waals surface area contributed by atoms with E-state index >= 15 is 0 Å². The molecule has 0 unspecified atom stereocenters. The van der Waals surface area contributed by atoms with Crippen LogP contribution in [0.2, 0.25) is 0 Å². The number of aryl methyl sites for hydroxylation is 2. The smallest absolute Gasteiger partial charge is 0.224 e. The van der Waals surface area contributed by atoms with Crippen molar-refractivity contribution < 1.29 is 4.79 Å². The van der Waals surface area contributed by atoms with E-state index in [2.05, 4.69) is 25.3 Å². The highest BCUT2D eigenvalue weighted by Gasteiger charge is 2.38. The number of aromatic nitrogens is 4. The molecule has 4 fully saturated rings. The summed E-state index contributed by atoms with van der Waals surface area (Å²) in [4.78, 5) is 17.4. The number of tetrazole rings is 1. The first kappa shape index (κ1) is 15.1. The molecule has 3 aliphatic heterocycles. The Morgan fingerprint density at radius 2 is 2.04 bits per heavy atom. The first-order valence-corrected chi connectivity index (χ1v) is 8.93. The molecule has 4 aliphatic rings. The molecule has 0 N–H and O–H groups in total. The molecule has 1 aromatic rings. The Kier molecular flexibility index (Phi) is 4.05. The zero-order valence-electron chi connectivity index (χ0n) is 13.9. The predicted octanol–water partition coefficient (Wildman–Crippen LogP) is 0.704. The Morgan fingerprint density at radius 1 is 1.17 bits per heavy atom. The highest BCUT2D eigenvalue weighted by atomic mass is 16.2. The van der Waals surface area contributed by atoms with Crippen LogP contribution < -0.4 is 0 Å². The van der Waals surface area contributed by atoms with Crippen molar-refractivity contribution in [3.63, 3.8) is 0 Å². The Labute approximate surface area is 137 Å². The number of rotatable bonds is 5. The molecule has 1 aliphatic carbocycles. The minimum Gasteiger partial charge on any atom is -0.341 e. The van der Waals surface area contributed by atoms with Gasteiger partial charge in [0.25, 0.3) is 0 Å². The van der Waals surface area contributed by atoms with Crippen LogP contribution in [0, 0.1) is 18.8 Å². The molecule has 4 heterocycles. The number of piperidine rings is 1. The molecule has 126 valence electrons. The van der Waals surface area contributed by atoms with Crippen molar-refractivity contribution >= 4 is 5.91 Å². The van der Waals surface area contributed by atoms with Gasteiger partial charge in [-0.3, -0.25) is 9.69 Å². The number of nitrogens with zero attached hydrogens (tertiary/aromatic N) is 6. The third-order valence-corrected chi connectivity index (χ3v) is 5.62. The summed E-state index contributed by atoms with van der Waals surface area (Å²) in [5.74, 6) is 2.61. The van der Waals surface area contributed by atoms with Gasteiger partial charge in [0.05, 0.1) is 6.54 Å². The Bertz CT molecular complexity index is 569. The molecular weight excluding hydrogens is 292 g/mol. The minimum atomic E-state index is 0.255. The van der Waals surface area contributed by atoms with Gasteiger partial charge in [-0.25, -0.2) is 4.68 Å². The maximum atomic E-state index is 12.6. The van der Waals surface area contributed by atoms with Crippen LogP contribution in [0.15, 0.2) is 0 Å². The summed E-state index contributed by atoms with van der Waals surface area (Å²) < 4.78 is 1.71. The summed E-state index contributed by atoms with van der Waals surface area (Å²) in [7, 11) is 0. The van der Waals surface area contributed by atoms with Crippen LogP contribution in [-0.4, -0.2) is 68.1 Å². The van der Waals surface area contributed by atoms with Crippen molar-refractivity contribution in [1.29, 1.82) is 0 Å². The molecule has 0 aromatic carbocycles. The Hall–Kier alpha value is -1.50. The van der Waals surface area contributed by atoms with Crippen molar-refractivity contribution in [2.45, 2.75) is 51.6 Å². The summed E-state index contributed by atoms with van der Waals surface area (Å²) in [6.45, 7) is 6.74. The molecule has 2 atom stereocenters. The van der Waals surface area contributed by atoms with Gasteiger partial charge < -0.3 is 4.90 Å². The lowest BCUT2D eigenvalue weighted by Crippen LogP contribution is -2.45. The lowest BCUT2D eigenvalue weighted by Gasteiger charge is -2.36. The molecule has 0 spiro atoms. The predicted molar refractivity (Wildman–Crippen MR) is 84.6 cm³/mol. The molecular formula is C16H26N6O. The standard InChI is InChI=1S/C16H26N6O/c1-12-17-18-19-22(12)7-6-16(23)21-10-14-4-5-15(11-21)20(9-14)8-13-2-3-13/h13-15H,2-11H2,1H3/t14-,15-/m0/s1. The van der Waals surface area contributed by atoms with E-state index in [-0.39, 0.29) is 5.91 Å². The summed E-state index contributed by atoms with van der Waals surface area (Å²) in [6, 6.07) is 0.577. The van der Waals surface area contributed by atoms with Gasteiger partial charge in [-0.05, 0) is 54.9 Å². The van der Waals surface area contributed by atoms with E-state index in [1.54, 1.807) is 4.68 Å². The number of hydrogen-bond donors (Lipinski definition) is 0. The fraction of sp³-hybridized carbons (Fsp3) is 0.875. The van der Waals surface area contributed by atoms with Gasteiger partial charge in [0.15, 0.2) is 0 Å². The summed E-state index contributed by atoms with van der Waals surface area (Å²) >= 11 is 0. The second-order valence-corrected chi connectivity index (χ2v) is 7.49. The topological polar surface area (TPSA) is 67.2 Å². The van der Waals surface area contributed by atoms with Gasteiger partial charge in [-0.15, -0.1) is 5.10 Å². The average molecular weight is 318 g/mol. The molecule has 7 heteroatoms. The van der Waals surface area contributed by atoms with Gasteiger partial charge in [0.1, 0.15) is 5.82 Å². The largest absolute Gasteiger partial charge is 0.341 e. The second-order valence-electron chi connectivity index (χ2n) is 7.49. The van der Waals surface area contributed by atoms with Crippen molar-refractivity contribution in [3.05, 3.63) is 5.82 Å². The van der Waals surface area contributed by atoms with Crippen LogP contribution in [-0.2, 0) is 11.3 Å². The summed E-state index contributed by atoms with van der Waals surface area (Å²) in [5, 5.41) is 11.4. The first-order valence-electron chi connectivity index (χ1n) is 8.93. The first-order chi connectivity index (χ1) is 11.2. The molecule has 1 amide bonds. The number of carbonyl (C=O) groups is 1. The molecule has 7 nitrogen and oxygen atoms in total. The average Bonchev–Trinajstić information content (AvgIpc) is 3.32. The third-order valence-electron chi connectivity index (χ3n) is 5.62.